The number of hydrogen-bond donors (Lipinski definition) is 2. The van der Waals surface area contributed by atoms with E-state index in [1.165, 1.54) is 25.7 Å². The fraction of sp³-hybridized carbons (Fsp3) is 0.476. The number of unbranched alkanes of at least 4 members (excludes halogenated alkanes) is 5. The van der Waals surface area contributed by atoms with Crippen LogP contribution >= 0.6 is 0 Å². The summed E-state index contributed by atoms with van der Waals surface area (Å²) in [4.78, 5) is 11.9. The highest BCUT2D eigenvalue weighted by molar-refractivity contribution is 5.89. The first-order valence-electron chi connectivity index (χ1n) is 9.77. The molecule has 0 radical (unpaired) electrons. The van der Waals surface area contributed by atoms with Crippen molar-refractivity contribution >= 4 is 12.1 Å². The van der Waals surface area contributed by atoms with Crippen LogP contribution in [0.5, 0.6) is 11.5 Å². The number of benzene rings is 1. The minimum absolute atomic E-state index is 0.0668. The van der Waals surface area contributed by atoms with Crippen LogP contribution in [0, 0.1) is 0 Å². The molecule has 1 aromatic carbocycles. The predicted molar refractivity (Wildman–Crippen MR) is 111 cm³/mol. The highest BCUT2D eigenvalue weighted by atomic mass is 16.5. The lowest BCUT2D eigenvalue weighted by molar-refractivity contribution is -0.121. The summed E-state index contributed by atoms with van der Waals surface area (Å²) in [6.45, 7) is 2.20. The van der Waals surface area contributed by atoms with Crippen LogP contribution in [0.1, 0.15) is 57.4 Å². The van der Waals surface area contributed by atoms with Crippen LogP contribution in [0.2, 0.25) is 0 Å². The lowest BCUT2D eigenvalue weighted by Crippen LogP contribution is -2.16. The summed E-state index contributed by atoms with van der Waals surface area (Å²) >= 11 is 0. The molecule has 0 unspecified atom stereocenters. The number of carbonyl (C=O) groups is 1. The third-order valence-electron chi connectivity index (χ3n) is 4.49. The Balaban J connectivity index is 1.89. The molecule has 0 aliphatic rings. The molecule has 1 amide bonds. The molecule has 1 heterocycles. The number of H-pyrrole nitrogens is 1. The number of hydrazone groups is 1. The standard InChI is InChI=1S/C21H30N4O3/c1-4-5-6-7-8-9-10-20(26)24-22-14-17-15-23-25-21(17)16-11-12-18(27-2)19(13-16)28-3/h11-15H,4-10H2,1-3H3,(H,23,25)(H,24,26)/b22-14-. The number of methoxy groups -OCH3 is 2. The van der Waals surface area contributed by atoms with Crippen molar-refractivity contribution in [1.82, 2.24) is 15.6 Å². The smallest absolute Gasteiger partial charge is 0.240 e. The number of ether oxygens (including phenoxy) is 2. The van der Waals surface area contributed by atoms with Crippen molar-refractivity contribution in [3.63, 3.8) is 0 Å². The first-order valence-corrected chi connectivity index (χ1v) is 9.77. The van der Waals surface area contributed by atoms with Gasteiger partial charge < -0.3 is 9.47 Å². The Labute approximate surface area is 166 Å². The Bertz CT molecular complexity index is 771. The van der Waals surface area contributed by atoms with Gasteiger partial charge in [-0.1, -0.05) is 39.0 Å². The second-order valence-corrected chi connectivity index (χ2v) is 6.58. The number of amides is 1. The molecular weight excluding hydrogens is 356 g/mol. The van der Waals surface area contributed by atoms with Crippen LogP contribution < -0.4 is 14.9 Å². The molecule has 0 fully saturated rings. The SMILES string of the molecule is CCCCCCCCC(=O)N/N=C\c1cn[nH]c1-c1ccc(OC)c(OC)c1. The molecule has 0 spiro atoms. The molecule has 0 aliphatic heterocycles. The Morgan fingerprint density at radius 1 is 1.14 bits per heavy atom. The lowest BCUT2D eigenvalue weighted by atomic mass is 10.1. The molecule has 0 aliphatic carbocycles. The highest BCUT2D eigenvalue weighted by Crippen LogP contribution is 2.32. The summed E-state index contributed by atoms with van der Waals surface area (Å²) in [7, 11) is 3.19. The maximum absolute atomic E-state index is 11.9. The van der Waals surface area contributed by atoms with E-state index in [0.29, 0.717) is 17.9 Å². The quantitative estimate of drug-likeness (QED) is 0.323. The van der Waals surface area contributed by atoms with E-state index >= 15 is 0 Å². The summed E-state index contributed by atoms with van der Waals surface area (Å²) in [5, 5.41) is 11.1. The van der Waals surface area contributed by atoms with E-state index in [-0.39, 0.29) is 5.91 Å². The van der Waals surface area contributed by atoms with Gasteiger partial charge in [-0.15, -0.1) is 0 Å². The Hall–Kier alpha value is -2.83. The van der Waals surface area contributed by atoms with E-state index in [9.17, 15) is 4.79 Å². The van der Waals surface area contributed by atoms with Crippen molar-refractivity contribution in [1.29, 1.82) is 0 Å². The molecule has 2 N–H and O–H groups in total. The zero-order valence-corrected chi connectivity index (χ0v) is 17.0. The van der Waals surface area contributed by atoms with Gasteiger partial charge >= 0.3 is 0 Å². The van der Waals surface area contributed by atoms with E-state index in [4.69, 9.17) is 9.47 Å². The second-order valence-electron chi connectivity index (χ2n) is 6.58. The van der Waals surface area contributed by atoms with Crippen molar-refractivity contribution in [2.24, 2.45) is 5.10 Å². The maximum Gasteiger partial charge on any atom is 0.240 e. The van der Waals surface area contributed by atoms with Gasteiger partial charge in [-0.25, -0.2) is 5.43 Å². The molecular formula is C21H30N4O3. The van der Waals surface area contributed by atoms with Crippen molar-refractivity contribution in [3.8, 4) is 22.8 Å². The van der Waals surface area contributed by atoms with Crippen LogP contribution in [-0.4, -0.2) is 36.5 Å². The van der Waals surface area contributed by atoms with Gasteiger partial charge in [-0.05, 0) is 24.6 Å². The minimum atomic E-state index is -0.0668. The molecule has 0 atom stereocenters. The third kappa shape index (κ3) is 6.40. The molecule has 2 aromatic rings. The molecule has 7 nitrogen and oxygen atoms in total. The van der Waals surface area contributed by atoms with Crippen molar-refractivity contribution < 1.29 is 14.3 Å². The van der Waals surface area contributed by atoms with Crippen LogP contribution in [0.3, 0.4) is 0 Å². The summed E-state index contributed by atoms with van der Waals surface area (Å²) in [5.41, 5.74) is 5.03. The van der Waals surface area contributed by atoms with Gasteiger partial charge in [0, 0.05) is 17.5 Å². The predicted octanol–water partition coefficient (Wildman–Crippen LogP) is 4.29. The number of carbonyl (C=O) groups excluding carboxylic acids is 1. The third-order valence-corrected chi connectivity index (χ3v) is 4.49. The molecule has 0 saturated carbocycles. The average Bonchev–Trinajstić information content (AvgIpc) is 3.18. The number of rotatable bonds is 12. The van der Waals surface area contributed by atoms with E-state index in [2.05, 4.69) is 27.6 Å². The monoisotopic (exact) mass is 386 g/mol. The lowest BCUT2D eigenvalue weighted by Gasteiger charge is -2.09. The molecule has 2 rings (SSSR count). The molecule has 0 saturated heterocycles. The van der Waals surface area contributed by atoms with Gasteiger partial charge in [0.25, 0.3) is 0 Å². The Kier molecular flexibility index (Phi) is 9.04. The number of nitrogens with zero attached hydrogens (tertiary/aromatic N) is 2. The fourth-order valence-corrected chi connectivity index (χ4v) is 2.91. The zero-order valence-electron chi connectivity index (χ0n) is 17.0. The summed E-state index contributed by atoms with van der Waals surface area (Å²) in [5.74, 6) is 1.22. The highest BCUT2D eigenvalue weighted by Gasteiger charge is 2.10. The summed E-state index contributed by atoms with van der Waals surface area (Å²) in [6, 6.07) is 5.60. The first-order chi connectivity index (χ1) is 13.7. The van der Waals surface area contributed by atoms with E-state index in [1.807, 2.05) is 18.2 Å². The summed E-state index contributed by atoms with van der Waals surface area (Å²) < 4.78 is 10.6. The molecule has 1 aromatic heterocycles. The van der Waals surface area contributed by atoms with Crippen LogP contribution in [0.25, 0.3) is 11.3 Å². The van der Waals surface area contributed by atoms with Gasteiger partial charge in [0.15, 0.2) is 11.5 Å². The van der Waals surface area contributed by atoms with Gasteiger partial charge in [0.1, 0.15) is 0 Å². The Morgan fingerprint density at radius 2 is 1.89 bits per heavy atom. The largest absolute Gasteiger partial charge is 0.493 e. The summed E-state index contributed by atoms with van der Waals surface area (Å²) in [6.07, 6.45) is 10.7. The van der Waals surface area contributed by atoms with E-state index in [1.54, 1.807) is 26.6 Å². The fourth-order valence-electron chi connectivity index (χ4n) is 2.91. The van der Waals surface area contributed by atoms with Gasteiger partial charge in [-0.2, -0.15) is 10.2 Å². The van der Waals surface area contributed by atoms with Crippen molar-refractivity contribution in [3.05, 3.63) is 30.0 Å². The van der Waals surface area contributed by atoms with E-state index < -0.39 is 0 Å². The minimum Gasteiger partial charge on any atom is -0.493 e. The molecule has 28 heavy (non-hydrogen) atoms. The normalized spacial score (nSPS) is 11.0. The number of aromatic nitrogens is 2. The van der Waals surface area contributed by atoms with Crippen LogP contribution in [0.15, 0.2) is 29.5 Å². The van der Waals surface area contributed by atoms with Gasteiger partial charge in [0.2, 0.25) is 5.91 Å². The van der Waals surface area contributed by atoms with Crippen LogP contribution in [-0.2, 0) is 4.79 Å². The maximum atomic E-state index is 11.9. The average molecular weight is 386 g/mol. The Morgan fingerprint density at radius 3 is 2.64 bits per heavy atom. The number of aromatic amines is 1. The first kappa shape index (κ1) is 21.5. The molecule has 152 valence electrons. The molecule has 0 bridgehead atoms. The van der Waals surface area contributed by atoms with Gasteiger partial charge in [0.05, 0.1) is 32.3 Å². The van der Waals surface area contributed by atoms with E-state index in [0.717, 1.165) is 29.7 Å². The van der Waals surface area contributed by atoms with Crippen molar-refractivity contribution in [2.45, 2.75) is 51.9 Å². The topological polar surface area (TPSA) is 88.6 Å². The van der Waals surface area contributed by atoms with Gasteiger partial charge in [-0.3, -0.25) is 9.89 Å². The molecule has 7 heteroatoms. The van der Waals surface area contributed by atoms with Crippen LogP contribution in [0.4, 0.5) is 0 Å². The second kappa shape index (κ2) is 11.8. The zero-order chi connectivity index (χ0) is 20.2. The number of hydrogen-bond acceptors (Lipinski definition) is 5. The van der Waals surface area contributed by atoms with Crippen molar-refractivity contribution in [2.75, 3.05) is 14.2 Å². The number of nitrogens with one attached hydrogen (secondary N) is 2.